The van der Waals surface area contributed by atoms with Crippen LogP contribution in [0.3, 0.4) is 0 Å². The van der Waals surface area contributed by atoms with Crippen LogP contribution < -0.4 is 11.3 Å². The molecule has 2 heterocycles. The molecule has 0 aliphatic heterocycles. The summed E-state index contributed by atoms with van der Waals surface area (Å²) < 4.78 is 0. The van der Waals surface area contributed by atoms with E-state index in [1.165, 1.54) is 5.56 Å². The number of hydrogen-bond donors (Lipinski definition) is 3. The van der Waals surface area contributed by atoms with Crippen LogP contribution in [0.15, 0.2) is 47.8 Å². The average molecular weight is 271 g/mol. The number of nitrogens with zero attached hydrogens (tertiary/aromatic N) is 2. The maximum absolute atomic E-state index is 5.49. The van der Waals surface area contributed by atoms with Gasteiger partial charge >= 0.3 is 0 Å². The Kier molecular flexibility index (Phi) is 3.35. The average Bonchev–Trinajstić information content (AvgIpc) is 2.93. The lowest BCUT2D eigenvalue weighted by molar-refractivity contribution is 0.989. The molecule has 19 heavy (non-hydrogen) atoms. The number of fused-ring (bicyclic) bond motifs is 1. The van der Waals surface area contributed by atoms with Crippen LogP contribution >= 0.6 is 11.8 Å². The number of benzene rings is 1. The zero-order valence-corrected chi connectivity index (χ0v) is 10.9. The van der Waals surface area contributed by atoms with E-state index in [1.54, 1.807) is 11.8 Å². The van der Waals surface area contributed by atoms with Crippen LogP contribution in [0.5, 0.6) is 0 Å². The number of nitrogens with one attached hydrogen (secondary N) is 2. The van der Waals surface area contributed by atoms with Crippen LogP contribution in [0.25, 0.3) is 11.0 Å². The Hall–Kier alpha value is -2.05. The molecule has 0 amide bonds. The summed E-state index contributed by atoms with van der Waals surface area (Å²) in [5, 5.41) is 1.60. The van der Waals surface area contributed by atoms with Gasteiger partial charge in [0.15, 0.2) is 11.0 Å². The number of aromatic amines is 1. The first kappa shape index (κ1) is 12.0. The molecule has 0 unspecified atom stereocenters. The number of hydrazine groups is 1. The fourth-order valence-electron chi connectivity index (χ4n) is 1.82. The number of anilines is 1. The molecule has 2 aromatic heterocycles. The van der Waals surface area contributed by atoms with E-state index in [1.807, 2.05) is 30.5 Å². The van der Waals surface area contributed by atoms with Gasteiger partial charge in [-0.1, -0.05) is 42.1 Å². The van der Waals surface area contributed by atoms with Gasteiger partial charge in [-0.15, -0.1) is 0 Å². The zero-order valence-electron chi connectivity index (χ0n) is 10.1. The second-order valence-electron chi connectivity index (χ2n) is 4.01. The molecular weight excluding hydrogens is 258 g/mol. The van der Waals surface area contributed by atoms with Gasteiger partial charge in [-0.05, 0) is 11.6 Å². The predicted molar refractivity (Wildman–Crippen MR) is 77.7 cm³/mol. The van der Waals surface area contributed by atoms with Crippen molar-refractivity contribution < 1.29 is 0 Å². The van der Waals surface area contributed by atoms with E-state index < -0.39 is 0 Å². The van der Waals surface area contributed by atoms with Crippen LogP contribution in [-0.4, -0.2) is 15.0 Å². The summed E-state index contributed by atoms with van der Waals surface area (Å²) in [5.41, 5.74) is 4.64. The third-order valence-electron chi connectivity index (χ3n) is 2.74. The Bertz CT molecular complexity index is 680. The Labute approximate surface area is 114 Å². The molecule has 96 valence electrons. The lowest BCUT2D eigenvalue weighted by atomic mass is 10.2. The minimum absolute atomic E-state index is 0.641. The molecule has 0 bridgehead atoms. The van der Waals surface area contributed by atoms with Crippen LogP contribution in [0.2, 0.25) is 0 Å². The number of rotatable bonds is 4. The number of H-pyrrole nitrogens is 1. The highest BCUT2D eigenvalue weighted by molar-refractivity contribution is 7.98. The van der Waals surface area contributed by atoms with Crippen molar-refractivity contribution >= 4 is 28.6 Å². The van der Waals surface area contributed by atoms with E-state index >= 15 is 0 Å². The van der Waals surface area contributed by atoms with Crippen molar-refractivity contribution in [2.45, 2.75) is 10.9 Å². The highest BCUT2D eigenvalue weighted by Crippen LogP contribution is 2.25. The lowest BCUT2D eigenvalue weighted by Gasteiger charge is -2.05. The fourth-order valence-corrected chi connectivity index (χ4v) is 2.62. The third-order valence-corrected chi connectivity index (χ3v) is 3.66. The van der Waals surface area contributed by atoms with E-state index in [9.17, 15) is 0 Å². The summed E-state index contributed by atoms with van der Waals surface area (Å²) in [6.45, 7) is 0. The van der Waals surface area contributed by atoms with Crippen LogP contribution in [-0.2, 0) is 5.75 Å². The van der Waals surface area contributed by atoms with Gasteiger partial charge in [-0.25, -0.2) is 15.8 Å². The second kappa shape index (κ2) is 5.29. The molecule has 5 nitrogen and oxygen atoms in total. The summed E-state index contributed by atoms with van der Waals surface area (Å²) in [6, 6.07) is 12.1. The molecule has 0 atom stereocenters. The van der Waals surface area contributed by atoms with Gasteiger partial charge in [-0.3, -0.25) is 0 Å². The van der Waals surface area contributed by atoms with Gasteiger partial charge in [0.25, 0.3) is 0 Å². The standard InChI is InChI=1S/C13H13N5S/c14-18-12-10-6-7-15-11(10)16-13(17-12)19-8-9-4-2-1-3-5-9/h1-7H,8,14H2,(H2,15,16,17,18). The Balaban J connectivity index is 1.85. The molecule has 0 saturated carbocycles. The topological polar surface area (TPSA) is 79.6 Å². The Morgan fingerprint density at radius 2 is 2.00 bits per heavy atom. The summed E-state index contributed by atoms with van der Waals surface area (Å²) in [6.07, 6.45) is 1.83. The molecule has 0 saturated heterocycles. The largest absolute Gasteiger partial charge is 0.346 e. The number of nitrogens with two attached hydrogens (primary N) is 1. The summed E-state index contributed by atoms with van der Waals surface area (Å²) in [7, 11) is 0. The van der Waals surface area contributed by atoms with E-state index in [4.69, 9.17) is 5.84 Å². The van der Waals surface area contributed by atoms with Crippen molar-refractivity contribution in [1.29, 1.82) is 0 Å². The number of aromatic nitrogens is 3. The Morgan fingerprint density at radius 3 is 2.79 bits per heavy atom. The summed E-state index contributed by atoms with van der Waals surface area (Å²) in [4.78, 5) is 11.9. The minimum Gasteiger partial charge on any atom is -0.346 e. The summed E-state index contributed by atoms with van der Waals surface area (Å²) >= 11 is 1.58. The molecule has 0 aliphatic carbocycles. The lowest BCUT2D eigenvalue weighted by Crippen LogP contribution is -2.09. The SMILES string of the molecule is NNc1nc(SCc2ccccc2)nc2[nH]ccc12. The normalized spacial score (nSPS) is 10.8. The van der Waals surface area contributed by atoms with Gasteiger partial charge in [-0.2, -0.15) is 0 Å². The van der Waals surface area contributed by atoms with Crippen molar-refractivity contribution in [2.75, 3.05) is 5.43 Å². The molecule has 0 spiro atoms. The highest BCUT2D eigenvalue weighted by atomic mass is 32.2. The van der Waals surface area contributed by atoms with Crippen LogP contribution in [0.4, 0.5) is 5.82 Å². The predicted octanol–water partition coefficient (Wildman–Crippen LogP) is 2.54. The van der Waals surface area contributed by atoms with E-state index in [0.717, 1.165) is 16.8 Å². The Morgan fingerprint density at radius 1 is 1.16 bits per heavy atom. The quantitative estimate of drug-likeness (QED) is 0.294. The maximum Gasteiger partial charge on any atom is 0.191 e. The number of thioether (sulfide) groups is 1. The smallest absolute Gasteiger partial charge is 0.191 e. The first-order chi connectivity index (χ1) is 9.36. The van der Waals surface area contributed by atoms with Crippen LogP contribution in [0.1, 0.15) is 5.56 Å². The molecule has 0 aliphatic rings. The number of hydrogen-bond acceptors (Lipinski definition) is 5. The molecule has 3 rings (SSSR count). The fraction of sp³-hybridized carbons (Fsp3) is 0.0769. The van der Waals surface area contributed by atoms with Crippen molar-refractivity contribution in [3.05, 3.63) is 48.2 Å². The van der Waals surface area contributed by atoms with Gasteiger partial charge in [0.05, 0.1) is 5.39 Å². The molecule has 3 aromatic rings. The molecular formula is C13H13N5S. The van der Waals surface area contributed by atoms with Gasteiger partial charge in [0.1, 0.15) is 5.65 Å². The number of nitrogen functional groups attached to an aromatic ring is 1. The van der Waals surface area contributed by atoms with Gasteiger partial charge < -0.3 is 10.4 Å². The second-order valence-corrected chi connectivity index (χ2v) is 4.96. The summed E-state index contributed by atoms with van der Waals surface area (Å²) in [5.74, 6) is 6.96. The monoisotopic (exact) mass is 271 g/mol. The van der Waals surface area contributed by atoms with Crippen LogP contribution in [0, 0.1) is 0 Å². The van der Waals surface area contributed by atoms with E-state index in [-0.39, 0.29) is 0 Å². The van der Waals surface area contributed by atoms with Crippen molar-refractivity contribution in [3.8, 4) is 0 Å². The van der Waals surface area contributed by atoms with Gasteiger partial charge in [0, 0.05) is 11.9 Å². The molecule has 1 aromatic carbocycles. The molecule has 0 fully saturated rings. The van der Waals surface area contributed by atoms with Crippen molar-refractivity contribution in [2.24, 2.45) is 5.84 Å². The van der Waals surface area contributed by atoms with Crippen molar-refractivity contribution in [1.82, 2.24) is 15.0 Å². The molecule has 6 heteroatoms. The van der Waals surface area contributed by atoms with E-state index in [2.05, 4.69) is 32.5 Å². The zero-order chi connectivity index (χ0) is 13.1. The third kappa shape index (κ3) is 2.54. The van der Waals surface area contributed by atoms with E-state index in [0.29, 0.717) is 11.0 Å². The minimum atomic E-state index is 0.641. The van der Waals surface area contributed by atoms with Crippen molar-refractivity contribution in [3.63, 3.8) is 0 Å². The molecule has 0 radical (unpaired) electrons. The first-order valence-electron chi connectivity index (χ1n) is 5.85. The molecule has 4 N–H and O–H groups in total. The van der Waals surface area contributed by atoms with Gasteiger partial charge in [0.2, 0.25) is 0 Å². The maximum atomic E-state index is 5.49. The first-order valence-corrected chi connectivity index (χ1v) is 6.84. The highest BCUT2D eigenvalue weighted by Gasteiger charge is 2.08.